The Morgan fingerprint density at radius 2 is 1.83 bits per heavy atom. The van der Waals surface area contributed by atoms with Crippen LogP contribution in [0.3, 0.4) is 0 Å². The van der Waals surface area contributed by atoms with Gasteiger partial charge in [0, 0.05) is 0 Å². The van der Waals surface area contributed by atoms with Crippen LogP contribution in [0.15, 0.2) is 36.4 Å². The van der Waals surface area contributed by atoms with Gasteiger partial charge in [-0.05, 0) is 30.2 Å². The van der Waals surface area contributed by atoms with Gasteiger partial charge in [-0.25, -0.2) is 0 Å². The van der Waals surface area contributed by atoms with Crippen LogP contribution in [-0.4, -0.2) is 0 Å². The third-order valence-corrected chi connectivity index (χ3v) is 2.09. The van der Waals surface area contributed by atoms with Gasteiger partial charge in [0.05, 0.1) is 0 Å². The van der Waals surface area contributed by atoms with Gasteiger partial charge >= 0.3 is 0 Å². The van der Waals surface area contributed by atoms with E-state index in [-0.39, 0.29) is 0 Å². The van der Waals surface area contributed by atoms with Gasteiger partial charge in [-0.2, -0.15) is 0 Å². The molecule has 0 heterocycles. The molecule has 0 N–H and O–H groups in total. The number of hydrogen-bond donors (Lipinski definition) is 0. The first-order valence-electron chi connectivity index (χ1n) is 4.09. The molecule has 0 nitrogen and oxygen atoms in total. The zero-order valence-corrected chi connectivity index (χ0v) is 7.17. The highest BCUT2D eigenvalue weighted by molar-refractivity contribution is 5.86. The Hall–Kier alpha value is -1.30. The molecule has 0 heteroatoms. The molecular formula is C12H11. The van der Waals surface area contributed by atoms with E-state index in [1.165, 1.54) is 16.3 Å². The highest BCUT2D eigenvalue weighted by Crippen LogP contribution is 2.19. The molecule has 0 fully saturated rings. The molecule has 0 aromatic heterocycles. The van der Waals surface area contributed by atoms with E-state index in [2.05, 4.69) is 44.2 Å². The van der Waals surface area contributed by atoms with Crippen LogP contribution in [0.1, 0.15) is 11.1 Å². The van der Waals surface area contributed by atoms with E-state index < -0.39 is 0 Å². The van der Waals surface area contributed by atoms with Gasteiger partial charge < -0.3 is 0 Å². The van der Waals surface area contributed by atoms with Crippen molar-refractivity contribution in [2.75, 3.05) is 0 Å². The van der Waals surface area contributed by atoms with Crippen molar-refractivity contribution in [3.8, 4) is 0 Å². The molecule has 0 saturated carbocycles. The molecule has 1 radical (unpaired) electrons. The largest absolute Gasteiger partial charge is 0.0616 e. The zero-order chi connectivity index (χ0) is 8.55. The van der Waals surface area contributed by atoms with E-state index in [9.17, 15) is 0 Å². The average Bonchev–Trinajstić information content (AvgIpc) is 2.04. The molecule has 0 aliphatic rings. The number of rotatable bonds is 0. The van der Waals surface area contributed by atoms with Gasteiger partial charge in [0.15, 0.2) is 0 Å². The number of benzene rings is 2. The predicted octanol–water partition coefficient (Wildman–Crippen LogP) is 3.33. The topological polar surface area (TPSA) is 0 Å². The van der Waals surface area contributed by atoms with E-state index in [1.54, 1.807) is 0 Å². The molecule has 0 saturated heterocycles. The first-order valence-corrected chi connectivity index (χ1v) is 4.09. The van der Waals surface area contributed by atoms with Crippen molar-refractivity contribution in [3.63, 3.8) is 0 Å². The molecule has 12 heavy (non-hydrogen) atoms. The average molecular weight is 155 g/mol. The lowest BCUT2D eigenvalue weighted by Gasteiger charge is -2.02. The summed E-state index contributed by atoms with van der Waals surface area (Å²) in [5.74, 6) is 0. The minimum atomic E-state index is 1.12. The smallest absolute Gasteiger partial charge is 0.0152 e. The van der Waals surface area contributed by atoms with Crippen molar-refractivity contribution in [2.24, 2.45) is 0 Å². The summed E-state index contributed by atoms with van der Waals surface area (Å²) in [6.07, 6.45) is 0. The van der Waals surface area contributed by atoms with Gasteiger partial charge in [0.25, 0.3) is 0 Å². The second-order valence-corrected chi connectivity index (χ2v) is 3.15. The summed E-state index contributed by atoms with van der Waals surface area (Å²) in [5.41, 5.74) is 2.39. The minimum absolute atomic E-state index is 1.12. The molecule has 0 spiro atoms. The first-order chi connectivity index (χ1) is 5.77. The van der Waals surface area contributed by atoms with Gasteiger partial charge in [-0.15, -0.1) is 0 Å². The van der Waals surface area contributed by atoms with Crippen molar-refractivity contribution in [2.45, 2.75) is 6.92 Å². The van der Waals surface area contributed by atoms with Crippen LogP contribution in [-0.2, 0) is 0 Å². The molecule has 0 atom stereocenters. The van der Waals surface area contributed by atoms with E-state index in [0.29, 0.717) is 0 Å². The third-order valence-electron chi connectivity index (χ3n) is 2.09. The fraction of sp³-hybridized carbons (Fsp3) is 0.0833. The molecule has 0 bridgehead atoms. The molecule has 0 unspecified atom stereocenters. The highest BCUT2D eigenvalue weighted by atomic mass is 14.0. The van der Waals surface area contributed by atoms with Crippen molar-refractivity contribution in [1.29, 1.82) is 0 Å². The molecule has 0 amide bonds. The molecule has 2 aromatic rings. The van der Waals surface area contributed by atoms with Gasteiger partial charge in [-0.3, -0.25) is 0 Å². The Morgan fingerprint density at radius 1 is 1.08 bits per heavy atom. The first kappa shape index (κ1) is 7.35. The summed E-state index contributed by atoms with van der Waals surface area (Å²) < 4.78 is 0. The molecule has 2 rings (SSSR count). The lowest BCUT2D eigenvalue weighted by atomic mass is 10.0. The quantitative estimate of drug-likeness (QED) is 0.547. The Morgan fingerprint density at radius 3 is 2.67 bits per heavy atom. The Balaban J connectivity index is 2.89. The van der Waals surface area contributed by atoms with Crippen LogP contribution in [0.2, 0.25) is 0 Å². The SMILES string of the molecule is [CH2]c1cc(C)cc2ccccc12. The third kappa shape index (κ3) is 1.10. The van der Waals surface area contributed by atoms with Crippen LogP contribution in [0.5, 0.6) is 0 Å². The summed E-state index contributed by atoms with van der Waals surface area (Å²) in [4.78, 5) is 0. The van der Waals surface area contributed by atoms with Crippen LogP contribution in [0, 0.1) is 13.8 Å². The van der Waals surface area contributed by atoms with Crippen LogP contribution < -0.4 is 0 Å². The molecule has 59 valence electrons. The fourth-order valence-corrected chi connectivity index (χ4v) is 1.55. The van der Waals surface area contributed by atoms with Crippen molar-refractivity contribution < 1.29 is 0 Å². The fourth-order valence-electron chi connectivity index (χ4n) is 1.55. The Bertz CT molecular complexity index is 413. The maximum absolute atomic E-state index is 4.01. The van der Waals surface area contributed by atoms with Crippen molar-refractivity contribution in [3.05, 3.63) is 54.4 Å². The summed E-state index contributed by atoms with van der Waals surface area (Å²) >= 11 is 0. The minimum Gasteiger partial charge on any atom is -0.0616 e. The number of fused-ring (bicyclic) bond motifs is 1. The maximum Gasteiger partial charge on any atom is -0.0152 e. The van der Waals surface area contributed by atoms with Gasteiger partial charge in [0.2, 0.25) is 0 Å². The molecule has 0 aliphatic carbocycles. The predicted molar refractivity (Wildman–Crippen MR) is 53.1 cm³/mol. The normalized spacial score (nSPS) is 10.5. The molecular weight excluding hydrogens is 144 g/mol. The summed E-state index contributed by atoms with van der Waals surface area (Å²) in [7, 11) is 0. The summed E-state index contributed by atoms with van der Waals surface area (Å²) in [5, 5.41) is 2.53. The van der Waals surface area contributed by atoms with E-state index >= 15 is 0 Å². The second kappa shape index (κ2) is 2.63. The van der Waals surface area contributed by atoms with Crippen molar-refractivity contribution in [1.82, 2.24) is 0 Å². The van der Waals surface area contributed by atoms with Gasteiger partial charge in [0.1, 0.15) is 0 Å². The standard InChI is InChI=1S/C12H11/c1-9-7-10(2)12-6-4-3-5-11(12)8-9/h3-8H,2H2,1H3. The van der Waals surface area contributed by atoms with E-state index in [1.807, 2.05) is 6.07 Å². The van der Waals surface area contributed by atoms with Crippen LogP contribution >= 0.6 is 0 Å². The number of hydrogen-bond acceptors (Lipinski definition) is 0. The zero-order valence-electron chi connectivity index (χ0n) is 7.17. The summed E-state index contributed by atoms with van der Waals surface area (Å²) in [6, 6.07) is 12.6. The highest BCUT2D eigenvalue weighted by Gasteiger charge is 1.95. The van der Waals surface area contributed by atoms with E-state index in [0.717, 1.165) is 5.56 Å². The lowest BCUT2D eigenvalue weighted by Crippen LogP contribution is -1.80. The van der Waals surface area contributed by atoms with Crippen LogP contribution in [0.4, 0.5) is 0 Å². The monoisotopic (exact) mass is 155 g/mol. The Labute approximate surface area is 72.8 Å². The van der Waals surface area contributed by atoms with Gasteiger partial charge in [-0.1, -0.05) is 42.0 Å². The summed E-state index contributed by atoms with van der Waals surface area (Å²) in [6.45, 7) is 6.11. The van der Waals surface area contributed by atoms with E-state index in [4.69, 9.17) is 0 Å². The van der Waals surface area contributed by atoms with Crippen LogP contribution in [0.25, 0.3) is 10.8 Å². The lowest BCUT2D eigenvalue weighted by molar-refractivity contribution is 1.48. The molecule has 0 aliphatic heterocycles. The van der Waals surface area contributed by atoms with Crippen molar-refractivity contribution >= 4 is 10.8 Å². The Kier molecular flexibility index (Phi) is 1.61. The second-order valence-electron chi connectivity index (χ2n) is 3.15. The maximum atomic E-state index is 4.01. The number of aryl methyl sites for hydroxylation is 1. The molecule has 2 aromatic carbocycles.